The standard InChI is InChI=1S/C17H16BrNO2/c18-15-8-17-16(20-11-21-17)7-14(15)10-19-6-5-12-3-1-2-4-13(12)9-19/h1-4,7-8H,5-6,9-11H2/p+1. The molecule has 0 spiro atoms. The zero-order chi connectivity index (χ0) is 14.2. The van der Waals surface area contributed by atoms with E-state index in [1.54, 1.807) is 4.90 Å². The predicted octanol–water partition coefficient (Wildman–Crippen LogP) is 2.32. The third-order valence-electron chi connectivity index (χ3n) is 4.29. The Morgan fingerprint density at radius 2 is 1.81 bits per heavy atom. The van der Waals surface area contributed by atoms with Crippen LogP contribution in [0, 0.1) is 0 Å². The lowest BCUT2D eigenvalue weighted by Crippen LogP contribution is -3.10. The van der Waals surface area contributed by atoms with Crippen LogP contribution in [-0.4, -0.2) is 13.3 Å². The molecule has 0 saturated heterocycles. The molecule has 21 heavy (non-hydrogen) atoms. The van der Waals surface area contributed by atoms with Crippen molar-refractivity contribution in [2.75, 3.05) is 13.3 Å². The topological polar surface area (TPSA) is 22.9 Å². The van der Waals surface area contributed by atoms with E-state index in [4.69, 9.17) is 9.47 Å². The van der Waals surface area contributed by atoms with Gasteiger partial charge in [-0.05, 0) is 17.7 Å². The van der Waals surface area contributed by atoms with Gasteiger partial charge in [0.2, 0.25) is 6.79 Å². The Morgan fingerprint density at radius 1 is 1.05 bits per heavy atom. The van der Waals surface area contributed by atoms with Crippen LogP contribution in [0.5, 0.6) is 11.5 Å². The van der Waals surface area contributed by atoms with Gasteiger partial charge in [-0.1, -0.05) is 40.2 Å². The first-order chi connectivity index (χ1) is 10.3. The van der Waals surface area contributed by atoms with E-state index in [0.717, 1.165) is 35.5 Å². The summed E-state index contributed by atoms with van der Waals surface area (Å²) >= 11 is 3.66. The molecule has 2 aliphatic rings. The third-order valence-corrected chi connectivity index (χ3v) is 5.03. The summed E-state index contributed by atoms with van der Waals surface area (Å²) in [5.74, 6) is 1.70. The molecule has 2 aromatic rings. The minimum Gasteiger partial charge on any atom is -0.454 e. The SMILES string of the molecule is Brc1cc2c(cc1C[NH+]1CCc3ccccc3C1)OCO2. The maximum Gasteiger partial charge on any atom is 0.231 e. The highest BCUT2D eigenvalue weighted by Gasteiger charge is 2.22. The smallest absolute Gasteiger partial charge is 0.231 e. The van der Waals surface area contributed by atoms with Gasteiger partial charge in [0.25, 0.3) is 0 Å². The molecule has 1 atom stereocenters. The van der Waals surface area contributed by atoms with E-state index < -0.39 is 0 Å². The Bertz CT molecular complexity index is 686. The van der Waals surface area contributed by atoms with Crippen molar-refractivity contribution in [3.8, 4) is 11.5 Å². The molecule has 1 N–H and O–H groups in total. The number of hydrogen-bond acceptors (Lipinski definition) is 2. The molecule has 3 nitrogen and oxygen atoms in total. The van der Waals surface area contributed by atoms with Gasteiger partial charge in [0.05, 0.1) is 6.54 Å². The summed E-state index contributed by atoms with van der Waals surface area (Å²) < 4.78 is 12.0. The fraction of sp³-hybridized carbons (Fsp3) is 0.294. The summed E-state index contributed by atoms with van der Waals surface area (Å²) in [5, 5.41) is 0. The zero-order valence-corrected chi connectivity index (χ0v) is 13.3. The normalized spacial score (nSPS) is 19.4. The zero-order valence-electron chi connectivity index (χ0n) is 11.7. The van der Waals surface area contributed by atoms with Crippen LogP contribution in [0.25, 0.3) is 0 Å². The molecule has 1 unspecified atom stereocenters. The summed E-state index contributed by atoms with van der Waals surface area (Å²) in [5.41, 5.74) is 4.27. The molecule has 0 bridgehead atoms. The number of halogens is 1. The van der Waals surface area contributed by atoms with E-state index in [9.17, 15) is 0 Å². The first kappa shape index (κ1) is 13.2. The second-order valence-corrected chi connectivity index (χ2v) is 6.52. The predicted molar refractivity (Wildman–Crippen MR) is 83.6 cm³/mol. The number of benzene rings is 2. The second kappa shape index (κ2) is 5.35. The fourth-order valence-electron chi connectivity index (χ4n) is 3.16. The van der Waals surface area contributed by atoms with E-state index in [2.05, 4.69) is 46.3 Å². The lowest BCUT2D eigenvalue weighted by atomic mass is 9.99. The molecular weight excluding hydrogens is 330 g/mol. The van der Waals surface area contributed by atoms with Crippen molar-refractivity contribution < 1.29 is 14.4 Å². The van der Waals surface area contributed by atoms with Crippen LogP contribution < -0.4 is 14.4 Å². The Labute approximate surface area is 132 Å². The number of hydrogen-bond donors (Lipinski definition) is 1. The largest absolute Gasteiger partial charge is 0.454 e. The van der Waals surface area contributed by atoms with Gasteiger partial charge in [-0.2, -0.15) is 0 Å². The molecule has 0 amide bonds. The molecular formula is C17H17BrNO2+. The van der Waals surface area contributed by atoms with Crippen LogP contribution >= 0.6 is 15.9 Å². The summed E-state index contributed by atoms with van der Waals surface area (Å²) in [6.45, 7) is 3.61. The van der Waals surface area contributed by atoms with E-state index in [0.29, 0.717) is 6.79 Å². The van der Waals surface area contributed by atoms with Gasteiger partial charge in [-0.15, -0.1) is 0 Å². The van der Waals surface area contributed by atoms with Gasteiger partial charge in [0.1, 0.15) is 13.1 Å². The first-order valence-corrected chi connectivity index (χ1v) is 8.07. The molecule has 4 rings (SSSR count). The first-order valence-electron chi connectivity index (χ1n) is 7.28. The van der Waals surface area contributed by atoms with Crippen molar-refractivity contribution in [2.24, 2.45) is 0 Å². The molecule has 4 heteroatoms. The summed E-state index contributed by atoms with van der Waals surface area (Å²) in [7, 11) is 0. The van der Waals surface area contributed by atoms with Gasteiger partial charge in [-0.3, -0.25) is 0 Å². The lowest BCUT2D eigenvalue weighted by molar-refractivity contribution is -0.929. The fourth-order valence-corrected chi connectivity index (χ4v) is 3.62. The van der Waals surface area contributed by atoms with E-state index in [1.165, 1.54) is 23.2 Å². The molecule has 2 aromatic carbocycles. The Hall–Kier alpha value is -1.52. The van der Waals surface area contributed by atoms with Crippen LogP contribution in [0.15, 0.2) is 40.9 Å². The van der Waals surface area contributed by atoms with Crippen LogP contribution in [-0.2, 0) is 19.5 Å². The van der Waals surface area contributed by atoms with Gasteiger partial charge in [0.15, 0.2) is 11.5 Å². The van der Waals surface area contributed by atoms with Crippen molar-refractivity contribution in [1.29, 1.82) is 0 Å². The highest BCUT2D eigenvalue weighted by molar-refractivity contribution is 9.10. The molecule has 2 aliphatic heterocycles. The van der Waals surface area contributed by atoms with E-state index in [-0.39, 0.29) is 0 Å². The van der Waals surface area contributed by atoms with Gasteiger partial charge >= 0.3 is 0 Å². The van der Waals surface area contributed by atoms with Gasteiger partial charge in [-0.25, -0.2) is 0 Å². The maximum atomic E-state index is 5.49. The minimum atomic E-state index is 0.329. The molecule has 0 fully saturated rings. The quantitative estimate of drug-likeness (QED) is 0.901. The lowest BCUT2D eigenvalue weighted by Gasteiger charge is -2.26. The Kier molecular flexibility index (Phi) is 3.36. The van der Waals surface area contributed by atoms with Crippen LogP contribution in [0.1, 0.15) is 16.7 Å². The number of ether oxygens (including phenoxy) is 2. The minimum absolute atomic E-state index is 0.329. The third kappa shape index (κ3) is 2.54. The Morgan fingerprint density at radius 3 is 2.67 bits per heavy atom. The Balaban J connectivity index is 1.55. The average molecular weight is 347 g/mol. The molecule has 0 aliphatic carbocycles. The molecule has 0 aromatic heterocycles. The van der Waals surface area contributed by atoms with Crippen molar-refractivity contribution in [3.05, 3.63) is 57.6 Å². The molecule has 108 valence electrons. The van der Waals surface area contributed by atoms with E-state index in [1.807, 2.05) is 6.07 Å². The number of nitrogens with one attached hydrogen (secondary N) is 1. The van der Waals surface area contributed by atoms with Gasteiger partial charge in [0, 0.05) is 22.0 Å². The molecule has 0 saturated carbocycles. The monoisotopic (exact) mass is 346 g/mol. The van der Waals surface area contributed by atoms with Crippen molar-refractivity contribution in [1.82, 2.24) is 0 Å². The van der Waals surface area contributed by atoms with Crippen LogP contribution in [0.4, 0.5) is 0 Å². The van der Waals surface area contributed by atoms with Crippen LogP contribution in [0.2, 0.25) is 0 Å². The highest BCUT2D eigenvalue weighted by atomic mass is 79.9. The summed E-state index contributed by atoms with van der Waals surface area (Å²) in [4.78, 5) is 1.59. The number of quaternary nitrogens is 1. The number of rotatable bonds is 2. The summed E-state index contributed by atoms with van der Waals surface area (Å²) in [6.07, 6.45) is 1.16. The second-order valence-electron chi connectivity index (χ2n) is 5.67. The highest BCUT2D eigenvalue weighted by Crippen LogP contribution is 2.36. The van der Waals surface area contributed by atoms with Crippen molar-refractivity contribution >= 4 is 15.9 Å². The maximum absolute atomic E-state index is 5.49. The average Bonchev–Trinajstić information content (AvgIpc) is 2.94. The van der Waals surface area contributed by atoms with Crippen molar-refractivity contribution in [2.45, 2.75) is 19.5 Å². The molecule has 2 heterocycles. The summed E-state index contributed by atoms with van der Waals surface area (Å²) in [6, 6.07) is 12.9. The van der Waals surface area contributed by atoms with Crippen molar-refractivity contribution in [3.63, 3.8) is 0 Å². The molecule has 0 radical (unpaired) electrons. The number of fused-ring (bicyclic) bond motifs is 2. The van der Waals surface area contributed by atoms with Gasteiger partial charge < -0.3 is 14.4 Å². The van der Waals surface area contributed by atoms with Crippen LogP contribution in [0.3, 0.4) is 0 Å². The van der Waals surface area contributed by atoms with E-state index >= 15 is 0 Å².